The Labute approximate surface area is 122 Å². The predicted molar refractivity (Wildman–Crippen MR) is 82.9 cm³/mol. The minimum absolute atomic E-state index is 0.0460. The molecule has 1 unspecified atom stereocenters. The lowest BCUT2D eigenvalue weighted by molar-refractivity contribution is 0.228. The average molecular weight is 327 g/mol. The molecule has 3 heteroatoms. The van der Waals surface area contributed by atoms with Gasteiger partial charge in [0.05, 0.1) is 0 Å². The van der Waals surface area contributed by atoms with Crippen LogP contribution in [0.1, 0.15) is 26.3 Å². The third-order valence-electron chi connectivity index (χ3n) is 2.89. The number of alkyl halides is 1. The Hall–Kier alpha value is -0.730. The first kappa shape index (κ1) is 13.7. The van der Waals surface area contributed by atoms with Gasteiger partial charge in [0.1, 0.15) is 4.95 Å². The number of nitrogens with zero attached hydrogens (tertiary/aromatic N) is 1. The normalized spacial score (nSPS) is 19.9. The summed E-state index contributed by atoms with van der Waals surface area (Å²) in [6, 6.07) is 7.98. The van der Waals surface area contributed by atoms with Gasteiger partial charge in [-0.05, 0) is 44.5 Å². The molecule has 1 aromatic rings. The van der Waals surface area contributed by atoms with Crippen LogP contribution in [0, 0.1) is 0 Å². The topological polar surface area (TPSA) is 3.24 Å². The van der Waals surface area contributed by atoms with E-state index in [1.165, 1.54) is 11.3 Å². The third-order valence-corrected chi connectivity index (χ3v) is 3.86. The van der Waals surface area contributed by atoms with E-state index in [9.17, 15) is 0 Å². The summed E-state index contributed by atoms with van der Waals surface area (Å²) < 4.78 is 0. The maximum atomic E-state index is 5.95. The van der Waals surface area contributed by atoms with Crippen molar-refractivity contribution in [3.63, 3.8) is 0 Å². The standard InChI is InChI=1S/C15H17BrClN/c1-15(2,3)18-13(5-4-6-14(18)16)11-7-9-12(17)10-8-11/h4-10,14H,1-3H3. The molecule has 0 fully saturated rings. The van der Waals surface area contributed by atoms with Gasteiger partial charge in [0, 0.05) is 16.3 Å². The van der Waals surface area contributed by atoms with Crippen LogP contribution in [0.15, 0.2) is 42.5 Å². The minimum atomic E-state index is 0.0460. The highest BCUT2D eigenvalue weighted by atomic mass is 79.9. The molecule has 0 amide bonds. The zero-order valence-corrected chi connectivity index (χ0v) is 13.2. The molecule has 96 valence electrons. The summed E-state index contributed by atoms with van der Waals surface area (Å²) in [5.41, 5.74) is 2.44. The van der Waals surface area contributed by atoms with Gasteiger partial charge >= 0.3 is 0 Å². The number of rotatable bonds is 1. The van der Waals surface area contributed by atoms with Crippen molar-refractivity contribution in [1.29, 1.82) is 0 Å². The van der Waals surface area contributed by atoms with E-state index in [0.717, 1.165) is 5.02 Å². The van der Waals surface area contributed by atoms with Crippen molar-refractivity contribution in [1.82, 2.24) is 4.90 Å². The monoisotopic (exact) mass is 325 g/mol. The van der Waals surface area contributed by atoms with Gasteiger partial charge in [-0.3, -0.25) is 0 Å². The largest absolute Gasteiger partial charge is 0.350 e. The zero-order chi connectivity index (χ0) is 13.3. The third kappa shape index (κ3) is 2.81. The van der Waals surface area contributed by atoms with E-state index < -0.39 is 0 Å². The van der Waals surface area contributed by atoms with Crippen LogP contribution in [-0.4, -0.2) is 15.4 Å². The molecule has 1 nitrogen and oxygen atoms in total. The fraction of sp³-hybridized carbons (Fsp3) is 0.333. The second-order valence-corrected chi connectivity index (χ2v) is 6.73. The maximum absolute atomic E-state index is 5.95. The molecule has 2 rings (SSSR count). The van der Waals surface area contributed by atoms with Gasteiger partial charge in [0.25, 0.3) is 0 Å². The van der Waals surface area contributed by atoms with Crippen molar-refractivity contribution in [2.45, 2.75) is 31.3 Å². The van der Waals surface area contributed by atoms with Gasteiger partial charge in [-0.2, -0.15) is 0 Å². The molecule has 0 aliphatic carbocycles. The summed E-state index contributed by atoms with van der Waals surface area (Å²) in [7, 11) is 0. The van der Waals surface area contributed by atoms with Crippen LogP contribution in [0.2, 0.25) is 5.02 Å². The van der Waals surface area contributed by atoms with Crippen molar-refractivity contribution in [2.75, 3.05) is 0 Å². The smallest absolute Gasteiger partial charge is 0.104 e. The van der Waals surface area contributed by atoms with Gasteiger partial charge in [-0.1, -0.05) is 51.8 Å². The molecule has 1 heterocycles. The van der Waals surface area contributed by atoms with E-state index in [4.69, 9.17) is 11.6 Å². The van der Waals surface area contributed by atoms with Crippen LogP contribution in [0.3, 0.4) is 0 Å². The van der Waals surface area contributed by atoms with Crippen LogP contribution >= 0.6 is 27.5 Å². The van der Waals surface area contributed by atoms with E-state index in [-0.39, 0.29) is 10.5 Å². The Balaban J connectivity index is 2.43. The highest BCUT2D eigenvalue weighted by Gasteiger charge is 2.29. The fourth-order valence-electron chi connectivity index (χ4n) is 2.12. The molecule has 1 aliphatic heterocycles. The second kappa shape index (κ2) is 5.10. The first-order chi connectivity index (χ1) is 8.39. The quantitative estimate of drug-likeness (QED) is 0.514. The van der Waals surface area contributed by atoms with Crippen LogP contribution < -0.4 is 0 Å². The lowest BCUT2D eigenvalue weighted by Gasteiger charge is -2.43. The van der Waals surface area contributed by atoms with Crippen molar-refractivity contribution >= 4 is 33.2 Å². The predicted octanol–water partition coefficient (Wildman–Crippen LogP) is 5.07. The summed E-state index contributed by atoms with van der Waals surface area (Å²) >= 11 is 9.66. The average Bonchev–Trinajstić information content (AvgIpc) is 2.28. The lowest BCUT2D eigenvalue weighted by Crippen LogP contribution is -2.44. The molecule has 0 saturated carbocycles. The van der Waals surface area contributed by atoms with E-state index in [0.29, 0.717) is 0 Å². The van der Waals surface area contributed by atoms with Gasteiger partial charge in [-0.25, -0.2) is 0 Å². The van der Waals surface area contributed by atoms with Crippen molar-refractivity contribution < 1.29 is 0 Å². The molecule has 0 N–H and O–H groups in total. The highest BCUT2D eigenvalue weighted by molar-refractivity contribution is 9.09. The van der Waals surface area contributed by atoms with E-state index >= 15 is 0 Å². The Morgan fingerprint density at radius 2 is 1.78 bits per heavy atom. The van der Waals surface area contributed by atoms with Gasteiger partial charge in [0.2, 0.25) is 0 Å². The lowest BCUT2D eigenvalue weighted by atomic mass is 9.99. The second-order valence-electron chi connectivity index (χ2n) is 5.36. The highest BCUT2D eigenvalue weighted by Crippen LogP contribution is 2.35. The number of allylic oxidation sites excluding steroid dienone is 2. The molecule has 0 spiro atoms. The van der Waals surface area contributed by atoms with Crippen LogP contribution in [0.5, 0.6) is 0 Å². The molecule has 0 saturated heterocycles. The number of hydrogen-bond donors (Lipinski definition) is 0. The zero-order valence-electron chi connectivity index (χ0n) is 10.8. The van der Waals surface area contributed by atoms with Gasteiger partial charge in [0.15, 0.2) is 0 Å². The summed E-state index contributed by atoms with van der Waals surface area (Å²) in [5.74, 6) is 0. The molecule has 0 aromatic heterocycles. The molecule has 0 radical (unpaired) electrons. The number of hydrogen-bond acceptors (Lipinski definition) is 1. The van der Waals surface area contributed by atoms with Crippen molar-refractivity contribution in [3.05, 3.63) is 53.1 Å². The molecule has 1 atom stereocenters. The SMILES string of the molecule is CC(C)(C)N1C(c2ccc(Cl)cc2)=CC=CC1Br. The van der Waals surface area contributed by atoms with Crippen LogP contribution in [-0.2, 0) is 0 Å². The summed E-state index contributed by atoms with van der Waals surface area (Å²) in [6.45, 7) is 6.64. The Kier molecular flexibility index (Phi) is 3.88. The van der Waals surface area contributed by atoms with Crippen LogP contribution in [0.4, 0.5) is 0 Å². The summed E-state index contributed by atoms with van der Waals surface area (Å²) in [6.07, 6.45) is 6.38. The van der Waals surface area contributed by atoms with Crippen LogP contribution in [0.25, 0.3) is 5.70 Å². The molecular weight excluding hydrogens is 310 g/mol. The van der Waals surface area contributed by atoms with E-state index in [1.54, 1.807) is 0 Å². The molecule has 18 heavy (non-hydrogen) atoms. The summed E-state index contributed by atoms with van der Waals surface area (Å²) in [4.78, 5) is 2.57. The molecule has 0 bridgehead atoms. The Morgan fingerprint density at radius 1 is 1.17 bits per heavy atom. The number of halogens is 2. The van der Waals surface area contributed by atoms with Gasteiger partial charge < -0.3 is 4.90 Å². The molecule has 1 aliphatic rings. The van der Waals surface area contributed by atoms with E-state index in [1.807, 2.05) is 12.1 Å². The Morgan fingerprint density at radius 3 is 2.33 bits per heavy atom. The number of benzene rings is 1. The molecular formula is C15H17BrClN. The Bertz CT molecular complexity index is 482. The summed E-state index contributed by atoms with van der Waals surface area (Å²) in [5, 5.41) is 0.767. The van der Waals surface area contributed by atoms with Crippen molar-refractivity contribution in [2.24, 2.45) is 0 Å². The van der Waals surface area contributed by atoms with E-state index in [2.05, 4.69) is 72.0 Å². The molecule has 1 aromatic carbocycles. The van der Waals surface area contributed by atoms with Crippen molar-refractivity contribution in [3.8, 4) is 0 Å². The van der Waals surface area contributed by atoms with Gasteiger partial charge in [-0.15, -0.1) is 0 Å². The first-order valence-electron chi connectivity index (χ1n) is 5.97. The first-order valence-corrected chi connectivity index (χ1v) is 7.27. The maximum Gasteiger partial charge on any atom is 0.104 e. The minimum Gasteiger partial charge on any atom is -0.350 e. The fourth-order valence-corrected chi connectivity index (χ4v) is 3.26.